The predicted octanol–water partition coefficient (Wildman–Crippen LogP) is 2.32. The number of halogens is 1. The van der Waals surface area contributed by atoms with Crippen LogP contribution in [0.15, 0.2) is 39.8 Å². The third kappa shape index (κ3) is 2.50. The van der Waals surface area contributed by atoms with Gasteiger partial charge in [-0.3, -0.25) is 4.57 Å². The van der Waals surface area contributed by atoms with Gasteiger partial charge in [-0.1, -0.05) is 0 Å². The summed E-state index contributed by atoms with van der Waals surface area (Å²) in [6.45, 7) is 0. The lowest BCUT2D eigenvalue weighted by atomic mass is 10.8. The highest BCUT2D eigenvalue weighted by Crippen LogP contribution is 2.27. The van der Waals surface area contributed by atoms with Crippen LogP contribution in [-0.4, -0.2) is 29.5 Å². The quantitative estimate of drug-likeness (QED) is 0.739. The molecule has 0 atom stereocenters. The van der Waals surface area contributed by atoms with Crippen molar-refractivity contribution in [1.82, 2.24) is 29.5 Å². The van der Waals surface area contributed by atoms with Gasteiger partial charge in [0.15, 0.2) is 4.34 Å². The maximum absolute atomic E-state index is 5.88. The summed E-state index contributed by atoms with van der Waals surface area (Å²) in [6.07, 6.45) is 6.71. The number of imidazole rings is 1. The molecule has 3 aromatic heterocycles. The molecule has 0 aliphatic heterocycles. The van der Waals surface area contributed by atoms with E-state index in [0.717, 1.165) is 4.34 Å². The van der Waals surface area contributed by atoms with Gasteiger partial charge in [-0.25, -0.2) is 9.97 Å². The second kappa shape index (κ2) is 5.01. The van der Waals surface area contributed by atoms with Gasteiger partial charge >= 0.3 is 0 Å². The fourth-order valence-electron chi connectivity index (χ4n) is 1.20. The molecule has 6 nitrogen and oxygen atoms in total. The molecule has 0 unspecified atom stereocenters. The maximum atomic E-state index is 5.88. The van der Waals surface area contributed by atoms with Crippen LogP contribution in [-0.2, 0) is 0 Å². The zero-order valence-electron chi connectivity index (χ0n) is 8.76. The van der Waals surface area contributed by atoms with Gasteiger partial charge in [0.2, 0.25) is 16.4 Å². The lowest BCUT2D eigenvalue weighted by Crippen LogP contribution is -2.02. The average molecular weight is 297 g/mol. The van der Waals surface area contributed by atoms with Gasteiger partial charge in [-0.05, 0) is 23.4 Å². The van der Waals surface area contributed by atoms with Gasteiger partial charge in [-0.2, -0.15) is 15.0 Å². The minimum absolute atomic E-state index is 0.146. The van der Waals surface area contributed by atoms with Crippen molar-refractivity contribution >= 4 is 34.7 Å². The van der Waals surface area contributed by atoms with E-state index in [1.807, 2.05) is 5.38 Å². The smallest absolute Gasteiger partial charge is 0.240 e. The van der Waals surface area contributed by atoms with E-state index >= 15 is 0 Å². The molecule has 90 valence electrons. The fraction of sp³-hybridized carbons (Fsp3) is 0. The van der Waals surface area contributed by atoms with Crippen LogP contribution in [0.5, 0.6) is 0 Å². The monoisotopic (exact) mass is 296 g/mol. The van der Waals surface area contributed by atoms with Crippen molar-refractivity contribution in [3.8, 4) is 5.95 Å². The topological polar surface area (TPSA) is 69.4 Å². The van der Waals surface area contributed by atoms with Gasteiger partial charge in [0.25, 0.3) is 0 Å². The second-order valence-corrected chi connectivity index (χ2v) is 5.50. The summed E-state index contributed by atoms with van der Waals surface area (Å²) < 4.78 is 2.52. The summed E-state index contributed by atoms with van der Waals surface area (Å²) in [5.74, 6) is 0.437. The van der Waals surface area contributed by atoms with Crippen molar-refractivity contribution in [3.63, 3.8) is 0 Å². The summed E-state index contributed by atoms with van der Waals surface area (Å²) in [4.78, 5) is 20.5. The fourth-order valence-corrected chi connectivity index (χ4v) is 2.88. The van der Waals surface area contributed by atoms with Gasteiger partial charge in [0.1, 0.15) is 6.33 Å². The molecule has 0 aromatic carbocycles. The largest absolute Gasteiger partial charge is 0.274 e. The Morgan fingerprint density at radius 2 is 2.17 bits per heavy atom. The van der Waals surface area contributed by atoms with Gasteiger partial charge in [0.05, 0.1) is 0 Å². The highest BCUT2D eigenvalue weighted by atomic mass is 35.5. The van der Waals surface area contributed by atoms with E-state index in [-0.39, 0.29) is 5.28 Å². The van der Waals surface area contributed by atoms with E-state index in [2.05, 4.69) is 24.9 Å². The minimum atomic E-state index is 0.146. The van der Waals surface area contributed by atoms with E-state index in [0.29, 0.717) is 11.1 Å². The Bertz CT molecular complexity index is 639. The van der Waals surface area contributed by atoms with Crippen LogP contribution in [0.4, 0.5) is 0 Å². The van der Waals surface area contributed by atoms with E-state index in [9.17, 15) is 0 Å². The van der Waals surface area contributed by atoms with Gasteiger partial charge in [0, 0.05) is 24.0 Å². The van der Waals surface area contributed by atoms with Crippen LogP contribution in [0, 0.1) is 0 Å². The Morgan fingerprint density at radius 3 is 2.89 bits per heavy atom. The lowest BCUT2D eigenvalue weighted by Gasteiger charge is -2.02. The Labute approximate surface area is 115 Å². The summed E-state index contributed by atoms with van der Waals surface area (Å²) in [5, 5.41) is 2.54. The van der Waals surface area contributed by atoms with E-state index in [1.165, 1.54) is 23.1 Å². The van der Waals surface area contributed by atoms with E-state index < -0.39 is 0 Å². The standard InChI is InChI=1S/C9H5ClN6S2/c10-6-13-7(16-3-1-11-5-16)15-8(14-6)18-9-12-2-4-17-9/h1-5H. The Hall–Kier alpha value is -1.51. The van der Waals surface area contributed by atoms with Gasteiger partial charge in [-0.15, -0.1) is 11.3 Å². The number of rotatable bonds is 3. The third-order valence-corrected chi connectivity index (χ3v) is 3.82. The van der Waals surface area contributed by atoms with Crippen molar-refractivity contribution in [3.05, 3.63) is 35.6 Å². The minimum Gasteiger partial charge on any atom is -0.274 e. The molecule has 0 N–H and O–H groups in total. The molecule has 0 radical (unpaired) electrons. The van der Waals surface area contributed by atoms with Crippen molar-refractivity contribution in [2.45, 2.75) is 9.50 Å². The molecular weight excluding hydrogens is 292 g/mol. The first kappa shape index (κ1) is 11.6. The number of nitrogens with zero attached hydrogens (tertiary/aromatic N) is 6. The molecule has 0 fully saturated rings. The Morgan fingerprint density at radius 1 is 1.22 bits per heavy atom. The zero-order valence-corrected chi connectivity index (χ0v) is 11.2. The predicted molar refractivity (Wildman–Crippen MR) is 68.2 cm³/mol. The molecule has 0 aliphatic carbocycles. The summed E-state index contributed by atoms with van der Waals surface area (Å²) in [6, 6.07) is 0. The van der Waals surface area contributed by atoms with Crippen molar-refractivity contribution in [2.24, 2.45) is 0 Å². The number of aromatic nitrogens is 6. The van der Waals surface area contributed by atoms with E-state index in [1.54, 1.807) is 29.5 Å². The third-order valence-electron chi connectivity index (χ3n) is 1.90. The summed E-state index contributed by atoms with van der Waals surface area (Å²) >= 11 is 8.74. The first-order valence-corrected chi connectivity index (χ1v) is 6.86. The van der Waals surface area contributed by atoms with Crippen molar-refractivity contribution < 1.29 is 0 Å². The first-order chi connectivity index (χ1) is 8.81. The molecular formula is C9H5ClN6S2. The molecule has 0 spiro atoms. The maximum Gasteiger partial charge on any atom is 0.240 e. The second-order valence-electron chi connectivity index (χ2n) is 3.06. The molecule has 9 heteroatoms. The van der Waals surface area contributed by atoms with Crippen molar-refractivity contribution in [1.29, 1.82) is 0 Å². The SMILES string of the molecule is Clc1nc(Sc2nccs2)nc(-n2ccnc2)n1. The lowest BCUT2D eigenvalue weighted by molar-refractivity contribution is 0.823. The zero-order chi connectivity index (χ0) is 12.4. The molecule has 0 amide bonds. The first-order valence-electron chi connectivity index (χ1n) is 4.78. The number of thiazole rings is 1. The summed E-state index contributed by atoms with van der Waals surface area (Å²) in [5.41, 5.74) is 0. The number of hydrogen-bond donors (Lipinski definition) is 0. The molecule has 3 aromatic rings. The molecule has 0 saturated carbocycles. The number of hydrogen-bond acceptors (Lipinski definition) is 7. The van der Waals surface area contributed by atoms with E-state index in [4.69, 9.17) is 11.6 Å². The molecule has 3 rings (SSSR count). The molecule has 3 heterocycles. The Balaban J connectivity index is 1.96. The van der Waals surface area contributed by atoms with Crippen molar-refractivity contribution in [2.75, 3.05) is 0 Å². The van der Waals surface area contributed by atoms with Crippen LogP contribution in [0.2, 0.25) is 5.28 Å². The van der Waals surface area contributed by atoms with Crippen LogP contribution >= 0.6 is 34.7 Å². The normalized spacial score (nSPS) is 10.7. The highest BCUT2D eigenvalue weighted by Gasteiger charge is 2.09. The molecule has 0 aliphatic rings. The van der Waals surface area contributed by atoms with Crippen LogP contribution < -0.4 is 0 Å². The molecule has 0 bridgehead atoms. The molecule has 18 heavy (non-hydrogen) atoms. The van der Waals surface area contributed by atoms with Crippen LogP contribution in [0.25, 0.3) is 5.95 Å². The summed E-state index contributed by atoms with van der Waals surface area (Å²) in [7, 11) is 0. The van der Waals surface area contributed by atoms with Gasteiger partial charge < -0.3 is 0 Å². The Kier molecular flexibility index (Phi) is 3.22. The average Bonchev–Trinajstić information content (AvgIpc) is 3.00. The highest BCUT2D eigenvalue weighted by molar-refractivity contribution is 8.00. The van der Waals surface area contributed by atoms with Crippen LogP contribution in [0.1, 0.15) is 0 Å². The van der Waals surface area contributed by atoms with Crippen LogP contribution in [0.3, 0.4) is 0 Å². The molecule has 0 saturated heterocycles.